The van der Waals surface area contributed by atoms with E-state index in [0.717, 1.165) is 30.8 Å². The summed E-state index contributed by atoms with van der Waals surface area (Å²) in [5.74, 6) is 2.08. The molecule has 0 saturated carbocycles. The van der Waals surface area contributed by atoms with Gasteiger partial charge in [-0.3, -0.25) is 0 Å². The lowest BCUT2D eigenvalue weighted by Crippen LogP contribution is -2.14. The zero-order valence-electron chi connectivity index (χ0n) is 22.6. The number of aryl methyl sites for hydroxylation is 1. The first kappa shape index (κ1) is 28.4. The van der Waals surface area contributed by atoms with Crippen molar-refractivity contribution >= 4 is 0 Å². The van der Waals surface area contributed by atoms with E-state index in [1.807, 2.05) is 24.3 Å². The van der Waals surface area contributed by atoms with Crippen molar-refractivity contribution in [2.45, 2.75) is 43.9 Å². The third-order valence-electron chi connectivity index (χ3n) is 7.07. The minimum Gasteiger partial charge on any atom is -0.494 e. The SMILES string of the molecule is OCCCOc1ccc(C(c2ccc(OCCCO)cc2)C(CCCc2ccccc2)c2ccccc2)cc1. The molecule has 0 spiro atoms. The van der Waals surface area contributed by atoms with Crippen molar-refractivity contribution in [1.29, 1.82) is 0 Å². The second kappa shape index (κ2) is 15.7. The van der Waals surface area contributed by atoms with Crippen LogP contribution in [0.25, 0.3) is 0 Å². The molecule has 4 heteroatoms. The molecule has 0 aliphatic carbocycles. The average Bonchev–Trinajstić information content (AvgIpc) is 2.99. The van der Waals surface area contributed by atoms with Crippen molar-refractivity contribution < 1.29 is 19.7 Å². The van der Waals surface area contributed by atoms with Gasteiger partial charge in [-0.2, -0.15) is 0 Å². The largest absolute Gasteiger partial charge is 0.494 e. The standard InChI is InChI=1S/C35H40O4/c36-24-8-26-38-32-20-16-30(17-21-32)35(31-18-22-33(23-19-31)39-27-9-25-37)34(29-13-5-2-6-14-29)15-7-12-28-10-3-1-4-11-28/h1-6,10-11,13-14,16-23,34-37H,7-9,12,15,24-27H2. The Hall–Kier alpha value is -3.60. The highest BCUT2D eigenvalue weighted by molar-refractivity contribution is 5.42. The Morgan fingerprint density at radius 1 is 0.513 bits per heavy atom. The Morgan fingerprint density at radius 3 is 1.49 bits per heavy atom. The third kappa shape index (κ3) is 8.71. The molecule has 0 saturated heterocycles. The summed E-state index contributed by atoms with van der Waals surface area (Å²) in [5.41, 5.74) is 5.19. The van der Waals surface area contributed by atoms with E-state index in [1.165, 1.54) is 22.3 Å². The van der Waals surface area contributed by atoms with Crippen LogP contribution < -0.4 is 9.47 Å². The lowest BCUT2D eigenvalue weighted by atomic mass is 9.74. The Balaban J connectivity index is 1.64. The summed E-state index contributed by atoms with van der Waals surface area (Å²) in [6, 6.07) is 38.4. The van der Waals surface area contributed by atoms with E-state index in [2.05, 4.69) is 84.9 Å². The number of aliphatic hydroxyl groups is 2. The molecule has 0 amide bonds. The van der Waals surface area contributed by atoms with Gasteiger partial charge in [0, 0.05) is 32.0 Å². The van der Waals surface area contributed by atoms with Gasteiger partial charge in [0.15, 0.2) is 0 Å². The van der Waals surface area contributed by atoms with Gasteiger partial charge in [0.1, 0.15) is 11.5 Å². The second-order valence-corrected chi connectivity index (χ2v) is 9.86. The van der Waals surface area contributed by atoms with E-state index in [-0.39, 0.29) is 25.0 Å². The molecular weight excluding hydrogens is 484 g/mol. The Bertz CT molecular complexity index is 1140. The van der Waals surface area contributed by atoms with Gasteiger partial charge in [-0.1, -0.05) is 84.9 Å². The molecule has 0 heterocycles. The number of hydrogen-bond acceptors (Lipinski definition) is 4. The van der Waals surface area contributed by atoms with Gasteiger partial charge in [-0.15, -0.1) is 0 Å². The van der Waals surface area contributed by atoms with E-state index in [1.54, 1.807) is 0 Å². The van der Waals surface area contributed by atoms with Crippen molar-refractivity contribution in [3.63, 3.8) is 0 Å². The van der Waals surface area contributed by atoms with Crippen LogP contribution in [0.1, 0.15) is 59.8 Å². The molecule has 39 heavy (non-hydrogen) atoms. The van der Waals surface area contributed by atoms with Crippen molar-refractivity contribution in [2.75, 3.05) is 26.4 Å². The molecule has 4 rings (SSSR count). The fraction of sp³-hybridized carbons (Fsp3) is 0.314. The maximum absolute atomic E-state index is 9.08. The number of hydrogen-bond donors (Lipinski definition) is 2. The Morgan fingerprint density at radius 2 is 1.00 bits per heavy atom. The predicted octanol–water partition coefficient (Wildman–Crippen LogP) is 7.15. The summed E-state index contributed by atoms with van der Waals surface area (Å²) in [6.07, 6.45) is 4.42. The third-order valence-corrected chi connectivity index (χ3v) is 7.07. The van der Waals surface area contributed by atoms with Gasteiger partial charge in [0.05, 0.1) is 13.2 Å². The molecule has 1 atom stereocenters. The fourth-order valence-corrected chi connectivity index (χ4v) is 5.11. The first-order valence-corrected chi connectivity index (χ1v) is 14.0. The summed E-state index contributed by atoms with van der Waals surface area (Å²) in [7, 11) is 0. The molecule has 4 aromatic carbocycles. The van der Waals surface area contributed by atoms with E-state index in [4.69, 9.17) is 19.7 Å². The molecule has 0 aliphatic rings. The maximum Gasteiger partial charge on any atom is 0.119 e. The zero-order chi connectivity index (χ0) is 27.1. The highest BCUT2D eigenvalue weighted by atomic mass is 16.5. The van der Waals surface area contributed by atoms with Crippen LogP contribution >= 0.6 is 0 Å². The highest BCUT2D eigenvalue weighted by Gasteiger charge is 2.26. The summed E-state index contributed by atoms with van der Waals surface area (Å²) in [6.45, 7) is 1.26. The molecule has 4 nitrogen and oxygen atoms in total. The summed E-state index contributed by atoms with van der Waals surface area (Å²) in [5, 5.41) is 18.2. The molecule has 0 fully saturated rings. The molecule has 4 aromatic rings. The van der Waals surface area contributed by atoms with Crippen LogP contribution in [0.3, 0.4) is 0 Å². The highest BCUT2D eigenvalue weighted by Crippen LogP contribution is 2.42. The van der Waals surface area contributed by atoms with E-state index < -0.39 is 0 Å². The zero-order valence-corrected chi connectivity index (χ0v) is 22.6. The first-order valence-electron chi connectivity index (χ1n) is 14.0. The lowest BCUT2D eigenvalue weighted by molar-refractivity contribution is 0.233. The average molecular weight is 525 g/mol. The van der Waals surface area contributed by atoms with Crippen LogP contribution in [-0.4, -0.2) is 36.6 Å². The van der Waals surface area contributed by atoms with Gasteiger partial charge in [-0.05, 0) is 71.7 Å². The van der Waals surface area contributed by atoms with Crippen LogP contribution in [0, 0.1) is 0 Å². The molecule has 204 valence electrons. The van der Waals surface area contributed by atoms with Crippen LogP contribution in [0.15, 0.2) is 109 Å². The van der Waals surface area contributed by atoms with Crippen molar-refractivity contribution in [1.82, 2.24) is 0 Å². The molecule has 0 aliphatic heterocycles. The molecular formula is C35H40O4. The summed E-state index contributed by atoms with van der Waals surface area (Å²) >= 11 is 0. The molecule has 1 unspecified atom stereocenters. The van der Waals surface area contributed by atoms with E-state index in [9.17, 15) is 0 Å². The number of ether oxygens (including phenoxy) is 2. The minimum atomic E-state index is 0.127. The van der Waals surface area contributed by atoms with Crippen molar-refractivity contribution in [3.8, 4) is 11.5 Å². The monoisotopic (exact) mass is 524 g/mol. The van der Waals surface area contributed by atoms with Crippen LogP contribution in [0.4, 0.5) is 0 Å². The van der Waals surface area contributed by atoms with Gasteiger partial charge in [0.2, 0.25) is 0 Å². The summed E-state index contributed by atoms with van der Waals surface area (Å²) in [4.78, 5) is 0. The molecule has 0 bridgehead atoms. The molecule has 0 aromatic heterocycles. The smallest absolute Gasteiger partial charge is 0.119 e. The normalized spacial score (nSPS) is 11.9. The van der Waals surface area contributed by atoms with Gasteiger partial charge in [-0.25, -0.2) is 0 Å². The molecule has 0 radical (unpaired) electrons. The van der Waals surface area contributed by atoms with E-state index in [0.29, 0.717) is 26.1 Å². The number of aliphatic hydroxyl groups excluding tert-OH is 2. The topological polar surface area (TPSA) is 58.9 Å². The summed E-state index contributed by atoms with van der Waals surface area (Å²) < 4.78 is 11.6. The van der Waals surface area contributed by atoms with Gasteiger partial charge < -0.3 is 19.7 Å². The lowest BCUT2D eigenvalue weighted by Gasteiger charge is -2.29. The second-order valence-electron chi connectivity index (χ2n) is 9.86. The Kier molecular flexibility index (Phi) is 11.5. The quantitative estimate of drug-likeness (QED) is 0.153. The minimum absolute atomic E-state index is 0.127. The fourth-order valence-electron chi connectivity index (χ4n) is 5.11. The number of benzene rings is 4. The predicted molar refractivity (Wildman–Crippen MR) is 158 cm³/mol. The van der Waals surface area contributed by atoms with Crippen LogP contribution in [0.2, 0.25) is 0 Å². The molecule has 2 N–H and O–H groups in total. The van der Waals surface area contributed by atoms with Gasteiger partial charge >= 0.3 is 0 Å². The van der Waals surface area contributed by atoms with E-state index >= 15 is 0 Å². The maximum atomic E-state index is 9.08. The van der Waals surface area contributed by atoms with Crippen LogP contribution in [-0.2, 0) is 6.42 Å². The van der Waals surface area contributed by atoms with Crippen molar-refractivity contribution in [3.05, 3.63) is 131 Å². The van der Waals surface area contributed by atoms with Gasteiger partial charge in [0.25, 0.3) is 0 Å². The number of rotatable bonds is 16. The Labute approximate surface area is 232 Å². The van der Waals surface area contributed by atoms with Crippen molar-refractivity contribution in [2.24, 2.45) is 0 Å². The van der Waals surface area contributed by atoms with Crippen LogP contribution in [0.5, 0.6) is 11.5 Å². The first-order chi connectivity index (χ1) is 19.3.